The van der Waals surface area contributed by atoms with Crippen LogP contribution >= 0.6 is 0 Å². The van der Waals surface area contributed by atoms with Crippen molar-refractivity contribution in [2.75, 3.05) is 0 Å². The van der Waals surface area contributed by atoms with E-state index in [1.165, 1.54) is 43.1 Å². The van der Waals surface area contributed by atoms with Gasteiger partial charge in [-0.05, 0) is 101 Å². The van der Waals surface area contributed by atoms with E-state index in [0.717, 1.165) is 60.5 Å². The lowest BCUT2D eigenvalue weighted by Gasteiger charge is -2.13. The van der Waals surface area contributed by atoms with Gasteiger partial charge in [0.2, 0.25) is 0 Å². The average Bonchev–Trinajstić information content (AvgIpc) is 3.66. The lowest BCUT2D eigenvalue weighted by atomic mass is 9.96. The summed E-state index contributed by atoms with van der Waals surface area (Å²) in [6, 6.07) is 66.5. The summed E-state index contributed by atoms with van der Waals surface area (Å²) in [6.45, 7) is 0. The van der Waals surface area contributed by atoms with Gasteiger partial charge in [-0.2, -0.15) is 0 Å². The van der Waals surface area contributed by atoms with Gasteiger partial charge >= 0.3 is 0 Å². The Balaban J connectivity index is 1.11. The van der Waals surface area contributed by atoms with Gasteiger partial charge in [-0.3, -0.25) is 0 Å². The number of benzene rings is 10. The molecule has 0 atom stereocenters. The van der Waals surface area contributed by atoms with E-state index in [0.29, 0.717) is 17.5 Å². The molecule has 4 heteroatoms. The second-order valence-corrected chi connectivity index (χ2v) is 14.8. The standard InChI is InChI=1S/C53H31N3O/c1-3-12-35-27-37(19-17-32(35)9-1)41-30-47(50-46-15-7-8-16-48(46)57-49(50)31-41)53-55-51(39-20-18-33-10-2-4-13-36(33)28-39)54-52(56-53)40-23-24-43-38(29-40)22-26-44-42-14-6-5-11-34(42)21-25-45(43)44/h1-31H. The van der Waals surface area contributed by atoms with Crippen molar-refractivity contribution in [3.63, 3.8) is 0 Å². The highest BCUT2D eigenvalue weighted by atomic mass is 16.3. The normalized spacial score (nSPS) is 11.9. The number of fused-ring (bicyclic) bond motifs is 10. The monoisotopic (exact) mass is 725 g/mol. The Kier molecular flexibility index (Phi) is 6.89. The first kappa shape index (κ1) is 31.6. The lowest BCUT2D eigenvalue weighted by molar-refractivity contribution is 0.669. The van der Waals surface area contributed by atoms with Crippen molar-refractivity contribution in [2.45, 2.75) is 0 Å². The zero-order valence-corrected chi connectivity index (χ0v) is 30.6. The van der Waals surface area contributed by atoms with Gasteiger partial charge in [0, 0.05) is 27.5 Å². The first-order chi connectivity index (χ1) is 28.2. The molecule has 0 saturated carbocycles. The first-order valence-electron chi connectivity index (χ1n) is 19.2. The Labute approximate surface area is 327 Å². The number of nitrogens with zero attached hydrogens (tertiary/aromatic N) is 3. The molecule has 0 aliphatic carbocycles. The molecular weight excluding hydrogens is 695 g/mol. The third-order valence-corrected chi connectivity index (χ3v) is 11.4. The first-order valence-corrected chi connectivity index (χ1v) is 19.2. The zero-order chi connectivity index (χ0) is 37.5. The molecule has 12 rings (SSSR count). The topological polar surface area (TPSA) is 51.8 Å². The van der Waals surface area contributed by atoms with Crippen molar-refractivity contribution in [3.05, 3.63) is 188 Å². The maximum atomic E-state index is 6.58. The van der Waals surface area contributed by atoms with Crippen molar-refractivity contribution in [3.8, 4) is 45.3 Å². The Bertz CT molecular complexity index is 3600. The molecule has 0 amide bonds. The molecule has 0 spiro atoms. The number of para-hydroxylation sites is 1. The summed E-state index contributed by atoms with van der Waals surface area (Å²) in [7, 11) is 0. The fourth-order valence-electron chi connectivity index (χ4n) is 8.62. The molecule has 0 aliphatic heterocycles. The number of hydrogen-bond donors (Lipinski definition) is 0. The van der Waals surface area contributed by atoms with Gasteiger partial charge in [0.1, 0.15) is 11.2 Å². The zero-order valence-electron chi connectivity index (χ0n) is 30.6. The molecule has 12 aromatic rings. The highest BCUT2D eigenvalue weighted by Gasteiger charge is 2.20. The van der Waals surface area contributed by atoms with Crippen LogP contribution in [0.1, 0.15) is 0 Å². The molecule has 57 heavy (non-hydrogen) atoms. The Morgan fingerprint density at radius 3 is 1.51 bits per heavy atom. The second-order valence-electron chi connectivity index (χ2n) is 14.8. The number of aromatic nitrogens is 3. The number of furan rings is 1. The van der Waals surface area contributed by atoms with Gasteiger partial charge in [0.25, 0.3) is 0 Å². The minimum absolute atomic E-state index is 0.590. The lowest BCUT2D eigenvalue weighted by Crippen LogP contribution is -2.01. The van der Waals surface area contributed by atoms with Gasteiger partial charge in [-0.1, -0.05) is 152 Å². The van der Waals surface area contributed by atoms with E-state index >= 15 is 0 Å². The van der Waals surface area contributed by atoms with E-state index < -0.39 is 0 Å². The van der Waals surface area contributed by atoms with Gasteiger partial charge in [0.05, 0.1) is 0 Å². The summed E-state index contributed by atoms with van der Waals surface area (Å²) < 4.78 is 6.58. The molecule has 0 bridgehead atoms. The Morgan fingerprint density at radius 1 is 0.281 bits per heavy atom. The highest BCUT2D eigenvalue weighted by molar-refractivity contribution is 6.18. The van der Waals surface area contributed by atoms with E-state index in [4.69, 9.17) is 19.4 Å². The number of rotatable bonds is 4. The van der Waals surface area contributed by atoms with Gasteiger partial charge in [-0.15, -0.1) is 0 Å². The van der Waals surface area contributed by atoms with Crippen molar-refractivity contribution >= 4 is 75.8 Å². The van der Waals surface area contributed by atoms with Crippen LogP contribution < -0.4 is 0 Å². The molecule has 0 fully saturated rings. The van der Waals surface area contributed by atoms with Crippen molar-refractivity contribution < 1.29 is 4.42 Å². The number of hydrogen-bond acceptors (Lipinski definition) is 4. The maximum absolute atomic E-state index is 6.58. The summed E-state index contributed by atoms with van der Waals surface area (Å²) >= 11 is 0. The highest BCUT2D eigenvalue weighted by Crippen LogP contribution is 2.41. The molecule has 2 aromatic heterocycles. The largest absolute Gasteiger partial charge is 0.456 e. The molecule has 0 aliphatic rings. The SMILES string of the molecule is c1ccc2cc(-c3cc(-c4nc(-c5ccc6ccccc6c5)nc(-c5ccc6c(ccc7c8ccccc8ccc67)c5)n4)c4c(c3)oc3ccccc34)ccc2c1. The third-order valence-electron chi connectivity index (χ3n) is 11.4. The predicted molar refractivity (Wildman–Crippen MR) is 236 cm³/mol. The van der Waals surface area contributed by atoms with E-state index in [1.54, 1.807) is 0 Å². The smallest absolute Gasteiger partial charge is 0.164 e. The van der Waals surface area contributed by atoms with Crippen molar-refractivity contribution in [1.29, 1.82) is 0 Å². The molecule has 2 heterocycles. The molecule has 10 aromatic carbocycles. The minimum Gasteiger partial charge on any atom is -0.456 e. The van der Waals surface area contributed by atoms with Crippen LogP contribution in [0.15, 0.2) is 192 Å². The fraction of sp³-hybridized carbons (Fsp3) is 0. The third kappa shape index (κ3) is 5.19. The minimum atomic E-state index is 0.590. The predicted octanol–water partition coefficient (Wildman–Crippen LogP) is 14.2. The van der Waals surface area contributed by atoms with Crippen molar-refractivity contribution in [1.82, 2.24) is 15.0 Å². The molecule has 0 N–H and O–H groups in total. The summed E-state index contributed by atoms with van der Waals surface area (Å²) in [4.78, 5) is 15.8. The summed E-state index contributed by atoms with van der Waals surface area (Å²) in [5, 5.41) is 14.0. The van der Waals surface area contributed by atoms with E-state index in [1.807, 2.05) is 12.1 Å². The summed E-state index contributed by atoms with van der Waals surface area (Å²) in [5.74, 6) is 1.82. The molecule has 4 nitrogen and oxygen atoms in total. The van der Waals surface area contributed by atoms with Crippen LogP contribution in [0.2, 0.25) is 0 Å². The maximum Gasteiger partial charge on any atom is 0.164 e. The summed E-state index contributed by atoms with van der Waals surface area (Å²) in [5.41, 5.74) is 6.48. The van der Waals surface area contributed by atoms with Crippen LogP contribution in [0.25, 0.3) is 121 Å². The Hall–Kier alpha value is -7.69. The van der Waals surface area contributed by atoms with Gasteiger partial charge in [0.15, 0.2) is 17.5 Å². The molecular formula is C53H31N3O. The molecule has 264 valence electrons. The Morgan fingerprint density at radius 2 is 0.772 bits per heavy atom. The van der Waals surface area contributed by atoms with Crippen LogP contribution in [0.5, 0.6) is 0 Å². The van der Waals surface area contributed by atoms with Crippen LogP contribution in [0.4, 0.5) is 0 Å². The van der Waals surface area contributed by atoms with Crippen LogP contribution in [0.3, 0.4) is 0 Å². The molecule has 0 unspecified atom stereocenters. The average molecular weight is 726 g/mol. The van der Waals surface area contributed by atoms with Gasteiger partial charge in [-0.25, -0.2) is 15.0 Å². The second kappa shape index (κ2) is 12.4. The van der Waals surface area contributed by atoms with E-state index in [2.05, 4.69) is 176 Å². The van der Waals surface area contributed by atoms with Gasteiger partial charge < -0.3 is 4.42 Å². The van der Waals surface area contributed by atoms with Crippen molar-refractivity contribution in [2.24, 2.45) is 0 Å². The van der Waals surface area contributed by atoms with Crippen LogP contribution in [-0.2, 0) is 0 Å². The van der Waals surface area contributed by atoms with Crippen LogP contribution in [0, 0.1) is 0 Å². The van der Waals surface area contributed by atoms with E-state index in [9.17, 15) is 0 Å². The quantitative estimate of drug-likeness (QED) is 0.170. The summed E-state index contributed by atoms with van der Waals surface area (Å²) in [6.07, 6.45) is 0. The van der Waals surface area contributed by atoms with Crippen LogP contribution in [-0.4, -0.2) is 15.0 Å². The molecule has 0 radical (unpaired) electrons. The fourth-order valence-corrected chi connectivity index (χ4v) is 8.62. The van der Waals surface area contributed by atoms with E-state index in [-0.39, 0.29) is 0 Å². The molecule has 0 saturated heterocycles.